The molecule has 0 radical (unpaired) electrons. The first-order chi connectivity index (χ1) is 22.5. The summed E-state index contributed by atoms with van der Waals surface area (Å²) in [6.45, 7) is 15.8. The van der Waals surface area contributed by atoms with Gasteiger partial charge in [0.15, 0.2) is 12.6 Å². The minimum atomic E-state index is -2.00. The Morgan fingerprint density at radius 2 is 1.47 bits per heavy atom. The molecule has 3 saturated heterocycles. The van der Waals surface area contributed by atoms with Gasteiger partial charge in [0.2, 0.25) is 0 Å². The number of esters is 1. The number of carbonyl (C=O) groups is 2. The highest BCUT2D eigenvalue weighted by atomic mass is 16.7. The molecule has 3 aliphatic rings. The molecule has 0 aliphatic carbocycles. The van der Waals surface area contributed by atoms with Crippen LogP contribution < -0.4 is 5.73 Å². The zero-order chi connectivity index (χ0) is 37.4. The van der Waals surface area contributed by atoms with Crippen molar-refractivity contribution in [3.05, 3.63) is 0 Å². The number of ether oxygens (including phenoxy) is 6. The van der Waals surface area contributed by atoms with Gasteiger partial charge in [0.05, 0.1) is 47.6 Å². The van der Waals surface area contributed by atoms with E-state index >= 15 is 0 Å². The van der Waals surface area contributed by atoms with Crippen molar-refractivity contribution in [2.75, 3.05) is 7.11 Å². The van der Waals surface area contributed by atoms with Gasteiger partial charge in [-0.1, -0.05) is 27.7 Å². The quantitative estimate of drug-likeness (QED) is 0.214. The van der Waals surface area contributed by atoms with Gasteiger partial charge >= 0.3 is 5.97 Å². The van der Waals surface area contributed by atoms with Gasteiger partial charge in [0.25, 0.3) is 0 Å². The van der Waals surface area contributed by atoms with Crippen molar-refractivity contribution in [1.82, 2.24) is 0 Å². The van der Waals surface area contributed by atoms with Crippen molar-refractivity contribution in [2.45, 2.75) is 179 Å². The monoisotopic (exact) mass is 705 g/mol. The van der Waals surface area contributed by atoms with Crippen LogP contribution in [-0.4, -0.2) is 129 Å². The average molecular weight is 706 g/mol. The van der Waals surface area contributed by atoms with Crippen LogP contribution in [-0.2, 0) is 38.0 Å². The van der Waals surface area contributed by atoms with E-state index in [0.717, 1.165) is 0 Å². The number of hydrogen-bond acceptors (Lipinski definition) is 14. The predicted molar refractivity (Wildman–Crippen MR) is 177 cm³/mol. The summed E-state index contributed by atoms with van der Waals surface area (Å²) in [6, 6.07) is -0.453. The van der Waals surface area contributed by atoms with Gasteiger partial charge in [0, 0.05) is 37.3 Å². The first-order valence-electron chi connectivity index (χ1n) is 17.7. The number of carbonyl (C=O) groups excluding carboxylic acids is 2. The summed E-state index contributed by atoms with van der Waals surface area (Å²) in [7, 11) is 1.48. The third-order valence-electron chi connectivity index (χ3n) is 11.0. The Kier molecular flexibility index (Phi) is 13.9. The van der Waals surface area contributed by atoms with E-state index < -0.39 is 114 Å². The Bertz CT molecular complexity index is 1120. The number of methoxy groups -OCH3 is 1. The maximum Gasteiger partial charge on any atom is 0.311 e. The van der Waals surface area contributed by atoms with Crippen LogP contribution in [0.15, 0.2) is 0 Å². The van der Waals surface area contributed by atoms with Gasteiger partial charge in [-0.25, -0.2) is 0 Å². The number of rotatable bonds is 6. The van der Waals surface area contributed by atoms with Gasteiger partial charge in [0.1, 0.15) is 29.7 Å². The Morgan fingerprint density at radius 1 is 0.857 bits per heavy atom. The van der Waals surface area contributed by atoms with Gasteiger partial charge < -0.3 is 59.7 Å². The Morgan fingerprint density at radius 3 is 2.02 bits per heavy atom. The molecule has 49 heavy (non-hydrogen) atoms. The molecular weight excluding hydrogens is 642 g/mol. The molecule has 3 rings (SSSR count). The highest BCUT2D eigenvalue weighted by molar-refractivity contribution is 5.83. The third kappa shape index (κ3) is 9.20. The molecule has 8 unspecified atom stereocenters. The van der Waals surface area contributed by atoms with Crippen LogP contribution in [0.25, 0.3) is 0 Å². The maximum atomic E-state index is 14.0. The number of aliphatic hydroxyl groups is 5. The summed E-state index contributed by atoms with van der Waals surface area (Å²) in [5.74, 6) is -5.02. The zero-order valence-corrected chi connectivity index (χ0v) is 31.1. The van der Waals surface area contributed by atoms with Gasteiger partial charge in [-0.3, -0.25) is 9.59 Å². The number of nitrogens with two attached hydrogens (primary N) is 1. The Labute approximate surface area is 290 Å². The fourth-order valence-corrected chi connectivity index (χ4v) is 8.04. The molecule has 14 nitrogen and oxygen atoms in total. The number of ketones is 1. The molecule has 3 fully saturated rings. The van der Waals surface area contributed by atoms with E-state index in [1.807, 2.05) is 6.92 Å². The highest BCUT2D eigenvalue weighted by Crippen LogP contribution is 2.40. The minimum absolute atomic E-state index is 0.125. The molecule has 0 aromatic carbocycles. The number of Topliss-reactive ketones (excluding diaryl/α,β-unsaturated/α-hetero) is 1. The molecule has 0 saturated carbocycles. The lowest BCUT2D eigenvalue weighted by atomic mass is 9.74. The summed E-state index contributed by atoms with van der Waals surface area (Å²) in [6.07, 6.45) is -9.93. The van der Waals surface area contributed by atoms with E-state index in [4.69, 9.17) is 34.2 Å². The Balaban J connectivity index is 2.17. The molecule has 7 N–H and O–H groups in total. The van der Waals surface area contributed by atoms with Crippen LogP contribution in [0.5, 0.6) is 0 Å². The lowest BCUT2D eigenvalue weighted by molar-refractivity contribution is -0.315. The number of hydrogen-bond donors (Lipinski definition) is 6. The van der Waals surface area contributed by atoms with Crippen LogP contribution >= 0.6 is 0 Å². The van der Waals surface area contributed by atoms with Crippen molar-refractivity contribution in [2.24, 2.45) is 29.4 Å². The van der Waals surface area contributed by atoms with Crippen molar-refractivity contribution >= 4 is 11.8 Å². The van der Waals surface area contributed by atoms with Crippen molar-refractivity contribution in [1.29, 1.82) is 0 Å². The largest absolute Gasteiger partial charge is 0.459 e. The maximum absolute atomic E-state index is 14.0. The smallest absolute Gasteiger partial charge is 0.311 e. The molecule has 18 atom stereocenters. The van der Waals surface area contributed by atoms with Crippen molar-refractivity contribution in [3.63, 3.8) is 0 Å². The Hall–Kier alpha value is -1.30. The molecule has 0 aromatic rings. The van der Waals surface area contributed by atoms with Crippen molar-refractivity contribution < 1.29 is 63.5 Å². The summed E-state index contributed by atoms with van der Waals surface area (Å²) in [5, 5.41) is 56.6. The second kappa shape index (κ2) is 16.2. The van der Waals surface area contributed by atoms with Crippen LogP contribution in [0.2, 0.25) is 0 Å². The zero-order valence-electron chi connectivity index (χ0n) is 31.1. The summed E-state index contributed by atoms with van der Waals surface area (Å²) >= 11 is 0. The predicted octanol–water partition coefficient (Wildman–Crippen LogP) is 1.18. The third-order valence-corrected chi connectivity index (χ3v) is 11.0. The first kappa shape index (κ1) is 42.1. The molecule has 14 heteroatoms. The fraction of sp³-hybridized carbons (Fsp3) is 0.943. The molecular formula is C35H63NO13. The van der Waals surface area contributed by atoms with Crippen LogP contribution in [0.1, 0.15) is 94.9 Å². The molecule has 286 valence electrons. The SMILES string of the molecule is CC[C@H]1OC(=O)[C@H](C)[C@@H](OC2CC(C)(O)C(O)C(C)O2)[C@H](C)[C@@H](OC2OC(C)CC(N)C2OC)[C@](C)(O)C[C@@H](C)C(=O)[C@H](C)[C@@H](O)[C@]1(C)O. The van der Waals surface area contributed by atoms with E-state index in [2.05, 4.69) is 0 Å². The van der Waals surface area contributed by atoms with Crippen molar-refractivity contribution in [3.8, 4) is 0 Å². The average Bonchev–Trinajstić information content (AvgIpc) is 3.00. The number of aliphatic hydroxyl groups excluding tert-OH is 2. The van der Waals surface area contributed by atoms with E-state index in [1.54, 1.807) is 34.6 Å². The molecule has 0 aromatic heterocycles. The van der Waals surface area contributed by atoms with E-state index in [-0.39, 0.29) is 25.4 Å². The molecule has 0 amide bonds. The molecule has 3 heterocycles. The van der Waals surface area contributed by atoms with E-state index in [9.17, 15) is 35.1 Å². The molecule has 0 bridgehead atoms. The van der Waals surface area contributed by atoms with Crippen LogP contribution in [0, 0.1) is 23.7 Å². The fourth-order valence-electron chi connectivity index (χ4n) is 8.04. The van der Waals surface area contributed by atoms with Crippen LogP contribution in [0.3, 0.4) is 0 Å². The minimum Gasteiger partial charge on any atom is -0.459 e. The highest BCUT2D eigenvalue weighted by Gasteiger charge is 2.53. The van der Waals surface area contributed by atoms with Crippen LogP contribution in [0.4, 0.5) is 0 Å². The lowest BCUT2D eigenvalue weighted by Gasteiger charge is -2.48. The normalized spacial score (nSPS) is 51.2. The second-order valence-corrected chi connectivity index (χ2v) is 15.7. The second-order valence-electron chi connectivity index (χ2n) is 15.7. The first-order valence-corrected chi connectivity index (χ1v) is 17.7. The summed E-state index contributed by atoms with van der Waals surface area (Å²) in [5.41, 5.74) is 1.06. The van der Waals surface area contributed by atoms with E-state index in [1.165, 1.54) is 34.8 Å². The summed E-state index contributed by atoms with van der Waals surface area (Å²) in [4.78, 5) is 27.7. The van der Waals surface area contributed by atoms with Gasteiger partial charge in [-0.05, 0) is 60.8 Å². The number of cyclic esters (lactones) is 1. The molecule has 3 aliphatic heterocycles. The molecule has 0 spiro atoms. The standard InChI is InChI=1S/C35H63NO13/c1-12-23-35(10,43)28(38)18(4)25(37)16(2)14-34(9,42)30(49-32-27(44-11)22(36)13-17(3)45-32)19(5)26(20(6)31(40)47-23)48-24-15-33(8,41)29(39)21(7)46-24/h16-24,26-30,32,38-39,41-43H,12-15,36H2,1-11H3/t16-,17?,18+,19+,20-,21?,22?,23-,24?,26+,27?,28-,29?,30-,32?,33?,34-,35-/m1/s1. The topological polar surface area (TPSA) is 217 Å². The summed E-state index contributed by atoms with van der Waals surface area (Å²) < 4.78 is 36.7. The lowest BCUT2D eigenvalue weighted by Crippen LogP contribution is -2.61. The van der Waals surface area contributed by atoms with E-state index in [0.29, 0.717) is 6.42 Å². The van der Waals surface area contributed by atoms with Gasteiger partial charge in [-0.15, -0.1) is 0 Å². The van der Waals surface area contributed by atoms with Gasteiger partial charge in [-0.2, -0.15) is 0 Å².